The Morgan fingerprint density at radius 2 is 2.06 bits per heavy atom. The van der Waals surface area contributed by atoms with Crippen LogP contribution in [0.25, 0.3) is 0 Å². The van der Waals surface area contributed by atoms with Gasteiger partial charge in [-0.3, -0.25) is 10.1 Å². The van der Waals surface area contributed by atoms with Crippen LogP contribution in [0.4, 0.5) is 0 Å². The van der Waals surface area contributed by atoms with Crippen molar-refractivity contribution < 1.29 is 4.74 Å². The number of nitrogens with two attached hydrogens (primary N) is 1. The van der Waals surface area contributed by atoms with Gasteiger partial charge in [0, 0.05) is 6.20 Å². The van der Waals surface area contributed by atoms with Gasteiger partial charge in [-0.15, -0.1) is 12.4 Å². The molecule has 0 aliphatic rings. The van der Waals surface area contributed by atoms with Crippen molar-refractivity contribution in [3.8, 4) is 5.75 Å². The summed E-state index contributed by atoms with van der Waals surface area (Å²) in [5.41, 5.74) is 7.12. The SMILES string of the molecule is COc1ccc(Cn2cc(C(=N)N)cn2)cc1.Cl. The van der Waals surface area contributed by atoms with E-state index in [1.54, 1.807) is 24.2 Å². The zero-order valence-electron chi connectivity index (χ0n) is 9.96. The topological polar surface area (TPSA) is 76.9 Å². The molecule has 1 aromatic heterocycles. The van der Waals surface area contributed by atoms with Gasteiger partial charge < -0.3 is 10.5 Å². The second-order valence-electron chi connectivity index (χ2n) is 3.69. The number of rotatable bonds is 4. The molecule has 0 unspecified atom stereocenters. The molecule has 0 radical (unpaired) electrons. The Labute approximate surface area is 111 Å². The quantitative estimate of drug-likeness (QED) is 0.652. The number of amidine groups is 1. The first-order valence-electron chi connectivity index (χ1n) is 5.19. The second kappa shape index (κ2) is 6.07. The molecule has 0 fully saturated rings. The molecule has 96 valence electrons. The van der Waals surface area contributed by atoms with Gasteiger partial charge in [0.2, 0.25) is 0 Å². The number of nitrogens with one attached hydrogen (secondary N) is 1. The van der Waals surface area contributed by atoms with E-state index in [1.165, 1.54) is 0 Å². The van der Waals surface area contributed by atoms with Crippen molar-refractivity contribution in [3.63, 3.8) is 0 Å². The van der Waals surface area contributed by atoms with Gasteiger partial charge in [0.25, 0.3) is 0 Å². The summed E-state index contributed by atoms with van der Waals surface area (Å²) in [4.78, 5) is 0. The molecule has 0 saturated heterocycles. The third-order valence-electron chi connectivity index (χ3n) is 2.45. The van der Waals surface area contributed by atoms with Crippen LogP contribution >= 0.6 is 12.4 Å². The molecule has 0 aliphatic heterocycles. The summed E-state index contributed by atoms with van der Waals surface area (Å²) in [5, 5.41) is 11.4. The summed E-state index contributed by atoms with van der Waals surface area (Å²) in [6.45, 7) is 0.650. The highest BCUT2D eigenvalue weighted by Gasteiger charge is 2.02. The lowest BCUT2D eigenvalue weighted by Gasteiger charge is -2.03. The third-order valence-corrected chi connectivity index (χ3v) is 2.45. The highest BCUT2D eigenvalue weighted by Crippen LogP contribution is 2.12. The minimum Gasteiger partial charge on any atom is -0.497 e. The molecule has 6 heteroatoms. The predicted octanol–water partition coefficient (Wildman–Crippen LogP) is 1.65. The lowest BCUT2D eigenvalue weighted by molar-refractivity contribution is 0.414. The van der Waals surface area contributed by atoms with Gasteiger partial charge in [-0.05, 0) is 17.7 Å². The molecule has 0 amide bonds. The van der Waals surface area contributed by atoms with E-state index in [-0.39, 0.29) is 18.2 Å². The van der Waals surface area contributed by atoms with E-state index in [0.717, 1.165) is 11.3 Å². The molecule has 0 bridgehead atoms. The molecule has 1 heterocycles. The number of methoxy groups -OCH3 is 1. The molecule has 2 aromatic rings. The summed E-state index contributed by atoms with van der Waals surface area (Å²) in [5.74, 6) is 0.865. The summed E-state index contributed by atoms with van der Waals surface area (Å²) in [7, 11) is 1.64. The number of nitrogen functional groups attached to an aromatic ring is 1. The van der Waals surface area contributed by atoms with Gasteiger partial charge >= 0.3 is 0 Å². The molecule has 3 N–H and O–H groups in total. The van der Waals surface area contributed by atoms with Crippen LogP contribution in [0.3, 0.4) is 0 Å². The van der Waals surface area contributed by atoms with Gasteiger partial charge in [-0.25, -0.2) is 0 Å². The van der Waals surface area contributed by atoms with E-state index in [2.05, 4.69) is 5.10 Å². The summed E-state index contributed by atoms with van der Waals surface area (Å²) >= 11 is 0. The molecule has 0 saturated carbocycles. The van der Waals surface area contributed by atoms with Crippen molar-refractivity contribution in [3.05, 3.63) is 47.8 Å². The van der Waals surface area contributed by atoms with Gasteiger partial charge in [-0.2, -0.15) is 5.10 Å². The molecular weight excluding hydrogens is 252 g/mol. The van der Waals surface area contributed by atoms with E-state index in [4.69, 9.17) is 15.9 Å². The number of halogens is 1. The van der Waals surface area contributed by atoms with Crippen molar-refractivity contribution in [2.45, 2.75) is 6.54 Å². The smallest absolute Gasteiger partial charge is 0.125 e. The fourth-order valence-corrected chi connectivity index (χ4v) is 1.51. The number of nitrogens with zero attached hydrogens (tertiary/aromatic N) is 2. The molecule has 0 aliphatic carbocycles. The van der Waals surface area contributed by atoms with E-state index in [0.29, 0.717) is 12.1 Å². The number of hydrogen-bond acceptors (Lipinski definition) is 3. The van der Waals surface area contributed by atoms with Crippen LogP contribution in [-0.4, -0.2) is 22.7 Å². The van der Waals surface area contributed by atoms with Crippen molar-refractivity contribution in [1.82, 2.24) is 9.78 Å². The van der Waals surface area contributed by atoms with Gasteiger partial charge in [0.05, 0.1) is 25.4 Å². The Kier molecular flexibility index (Phi) is 4.74. The molecule has 18 heavy (non-hydrogen) atoms. The normalized spacial score (nSPS) is 9.61. The van der Waals surface area contributed by atoms with Crippen LogP contribution in [0.2, 0.25) is 0 Å². The lowest BCUT2D eigenvalue weighted by Crippen LogP contribution is -2.09. The van der Waals surface area contributed by atoms with Crippen LogP contribution in [0.5, 0.6) is 5.75 Å². The second-order valence-corrected chi connectivity index (χ2v) is 3.69. The van der Waals surface area contributed by atoms with Gasteiger partial charge in [-0.1, -0.05) is 12.1 Å². The first kappa shape index (κ1) is 14.1. The average Bonchev–Trinajstić information content (AvgIpc) is 2.79. The minimum atomic E-state index is 0. The number of aromatic nitrogens is 2. The highest BCUT2D eigenvalue weighted by molar-refractivity contribution is 5.94. The Bertz CT molecular complexity index is 521. The summed E-state index contributed by atoms with van der Waals surface area (Å²) < 4.78 is 6.84. The van der Waals surface area contributed by atoms with Crippen molar-refractivity contribution in [2.75, 3.05) is 7.11 Å². The van der Waals surface area contributed by atoms with E-state index in [9.17, 15) is 0 Å². The van der Waals surface area contributed by atoms with Crippen LogP contribution in [0, 0.1) is 5.41 Å². The molecule has 5 nitrogen and oxygen atoms in total. The first-order chi connectivity index (χ1) is 8.19. The Morgan fingerprint density at radius 1 is 1.39 bits per heavy atom. The number of benzene rings is 1. The maximum Gasteiger partial charge on any atom is 0.125 e. The zero-order chi connectivity index (χ0) is 12.3. The highest BCUT2D eigenvalue weighted by atomic mass is 35.5. The van der Waals surface area contributed by atoms with E-state index in [1.807, 2.05) is 24.3 Å². The van der Waals surface area contributed by atoms with Crippen LogP contribution in [0.15, 0.2) is 36.7 Å². The largest absolute Gasteiger partial charge is 0.497 e. The summed E-state index contributed by atoms with van der Waals surface area (Å²) in [6, 6.07) is 7.78. The summed E-state index contributed by atoms with van der Waals surface area (Å²) in [6.07, 6.45) is 3.35. The van der Waals surface area contributed by atoms with Crippen LogP contribution in [-0.2, 0) is 6.54 Å². The van der Waals surface area contributed by atoms with E-state index >= 15 is 0 Å². The van der Waals surface area contributed by atoms with Gasteiger partial charge in [0.1, 0.15) is 11.6 Å². The molecule has 0 spiro atoms. The maximum absolute atomic E-state index is 7.29. The van der Waals surface area contributed by atoms with Crippen molar-refractivity contribution >= 4 is 18.2 Å². The van der Waals surface area contributed by atoms with Crippen molar-refractivity contribution in [2.24, 2.45) is 5.73 Å². The molecular formula is C12H15ClN4O. The average molecular weight is 267 g/mol. The number of hydrogen-bond donors (Lipinski definition) is 2. The predicted molar refractivity (Wildman–Crippen MR) is 72.6 cm³/mol. The van der Waals surface area contributed by atoms with E-state index < -0.39 is 0 Å². The van der Waals surface area contributed by atoms with Crippen LogP contribution in [0.1, 0.15) is 11.1 Å². The van der Waals surface area contributed by atoms with Crippen LogP contribution < -0.4 is 10.5 Å². The monoisotopic (exact) mass is 266 g/mol. The number of ether oxygens (including phenoxy) is 1. The fraction of sp³-hybridized carbons (Fsp3) is 0.167. The molecule has 1 aromatic carbocycles. The zero-order valence-corrected chi connectivity index (χ0v) is 10.8. The Hall–Kier alpha value is -2.01. The first-order valence-corrected chi connectivity index (χ1v) is 5.19. The Morgan fingerprint density at radius 3 is 2.56 bits per heavy atom. The fourth-order valence-electron chi connectivity index (χ4n) is 1.51. The third kappa shape index (κ3) is 3.24. The maximum atomic E-state index is 7.29. The van der Waals surface area contributed by atoms with Crippen molar-refractivity contribution in [1.29, 1.82) is 5.41 Å². The van der Waals surface area contributed by atoms with Gasteiger partial charge in [0.15, 0.2) is 0 Å². The molecule has 0 atom stereocenters. The Balaban J connectivity index is 0.00000162. The minimum absolute atomic E-state index is 0. The standard InChI is InChI=1S/C12H14N4O.ClH/c1-17-11-4-2-9(3-5-11)7-16-8-10(6-15-16)12(13)14;/h2-6,8H,7H2,1H3,(H3,13,14);1H. The molecule has 2 rings (SSSR count). The lowest BCUT2D eigenvalue weighted by atomic mass is 10.2.